The van der Waals surface area contributed by atoms with E-state index in [1.807, 2.05) is 27.7 Å². The number of esters is 2. The first-order valence-corrected chi connectivity index (χ1v) is 28.6. The smallest absolute Gasteiger partial charge is 0.346 e. The lowest BCUT2D eigenvalue weighted by molar-refractivity contribution is 0.0397. The van der Waals surface area contributed by atoms with Crippen molar-refractivity contribution in [2.45, 2.75) is 65.8 Å². The van der Waals surface area contributed by atoms with Crippen LogP contribution >= 0.6 is 0 Å². The molecule has 2 fully saturated rings. The fourth-order valence-electron chi connectivity index (χ4n) is 11.4. The number of imidazole rings is 2. The Labute approximate surface area is 522 Å². The van der Waals surface area contributed by atoms with E-state index in [4.69, 9.17) is 34.2 Å². The number of carbonyl (C=O) groups excluding carboxylic acids is 2. The molecule has 6 heterocycles. The van der Waals surface area contributed by atoms with E-state index in [0.717, 1.165) is 72.8 Å². The second kappa shape index (κ2) is 24.6. The van der Waals surface area contributed by atoms with Crippen molar-refractivity contribution in [3.63, 3.8) is 0 Å². The summed E-state index contributed by atoms with van der Waals surface area (Å²) in [4.78, 5) is 45.2. The highest BCUT2D eigenvalue weighted by Gasteiger charge is 2.41. The lowest BCUT2D eigenvalue weighted by Crippen LogP contribution is -2.27. The Balaban J connectivity index is 0.813. The summed E-state index contributed by atoms with van der Waals surface area (Å²) in [6.07, 6.45) is -0.917. The number of ether oxygens (including phenoxy) is 5. The van der Waals surface area contributed by atoms with Crippen molar-refractivity contribution in [1.82, 2.24) is 29.1 Å². The fraction of sp³-hybridized carbons (Fsp3) is 0.235. The van der Waals surface area contributed by atoms with Gasteiger partial charge in [-0.05, 0) is 108 Å². The number of benzene rings is 6. The predicted molar refractivity (Wildman–Crippen MR) is 312 cm³/mol. The number of halogens is 10. The van der Waals surface area contributed by atoms with Crippen LogP contribution in [0.3, 0.4) is 0 Å². The lowest BCUT2D eigenvalue weighted by Gasteiger charge is -2.28. The van der Waals surface area contributed by atoms with Crippen LogP contribution in [0.25, 0.3) is 44.6 Å². The molecule has 10 aromatic rings. The van der Waals surface area contributed by atoms with Crippen LogP contribution in [-0.2, 0) is 40.3 Å². The molecule has 0 amide bonds. The van der Waals surface area contributed by atoms with Crippen LogP contribution in [0.1, 0.15) is 106 Å². The molecule has 0 bridgehead atoms. The maximum absolute atomic E-state index is 16.5. The number of carbonyl (C=O) groups is 2. The SMILES string of the molecule is CC1(C)COC[C@H]1n1c(Cc2cc(F)c(-c3ccc(F)c(OCc4ccc(C#N)cc4F)n3)cc2F)nc2c(F)cc(C(=O)OC(=O)c3cc(F)c4nc(Cc5cc(F)c(-c6ccc(F)c(OCc7ccc(C#N)cc7F)n6)cc5F)n([C@@H]5COCC5(C)C)c4c3)cc21. The van der Waals surface area contributed by atoms with E-state index >= 15 is 26.3 Å². The van der Waals surface area contributed by atoms with Gasteiger partial charge >= 0.3 is 11.9 Å². The maximum Gasteiger partial charge on any atom is 0.346 e. The molecular weight excluding hydrogens is 1230 g/mol. The molecule has 4 aromatic heterocycles. The third kappa shape index (κ3) is 12.2. The van der Waals surface area contributed by atoms with Crippen molar-refractivity contribution in [3.8, 4) is 46.4 Å². The zero-order valence-electron chi connectivity index (χ0n) is 49.4. The molecule has 15 nitrogen and oxygen atoms in total. The highest BCUT2D eigenvalue weighted by atomic mass is 19.2. The van der Waals surface area contributed by atoms with Crippen molar-refractivity contribution in [2.75, 3.05) is 26.4 Å². The van der Waals surface area contributed by atoms with Gasteiger partial charge in [-0.15, -0.1) is 0 Å². The van der Waals surface area contributed by atoms with Gasteiger partial charge in [0, 0.05) is 45.9 Å². The molecule has 25 heteroatoms. The number of fused-ring (bicyclic) bond motifs is 2. The van der Waals surface area contributed by atoms with Crippen molar-refractivity contribution >= 4 is 34.0 Å². The highest BCUT2D eigenvalue weighted by molar-refractivity contribution is 6.05. The summed E-state index contributed by atoms with van der Waals surface area (Å²) in [6, 6.07) is 20.7. The molecule has 2 aliphatic rings. The number of aromatic nitrogens is 6. The number of hydrogen-bond acceptors (Lipinski definition) is 13. The van der Waals surface area contributed by atoms with Gasteiger partial charge in [0.05, 0.1) is 95.3 Å². The average Bonchev–Trinajstić information content (AvgIpc) is 1.61. The Morgan fingerprint density at radius 1 is 0.484 bits per heavy atom. The lowest BCUT2D eigenvalue weighted by atomic mass is 9.87. The third-order valence-electron chi connectivity index (χ3n) is 16.5. The van der Waals surface area contributed by atoms with E-state index < -0.39 is 153 Å². The van der Waals surface area contributed by atoms with Crippen LogP contribution in [0.15, 0.2) is 109 Å². The number of pyridine rings is 2. The Morgan fingerprint density at radius 2 is 0.882 bits per heavy atom. The van der Waals surface area contributed by atoms with Gasteiger partial charge < -0.3 is 32.8 Å². The zero-order chi connectivity index (χ0) is 65.9. The summed E-state index contributed by atoms with van der Waals surface area (Å²) in [5, 5.41) is 18.1. The molecule has 472 valence electrons. The summed E-state index contributed by atoms with van der Waals surface area (Å²) in [7, 11) is 0. The van der Waals surface area contributed by atoms with Crippen LogP contribution in [-0.4, -0.2) is 67.4 Å². The molecule has 0 N–H and O–H groups in total. The van der Waals surface area contributed by atoms with E-state index in [1.54, 1.807) is 12.1 Å². The van der Waals surface area contributed by atoms with Crippen LogP contribution in [0.5, 0.6) is 11.8 Å². The number of nitrogens with zero attached hydrogens (tertiary/aromatic N) is 8. The molecule has 0 aliphatic carbocycles. The second-order valence-corrected chi connectivity index (χ2v) is 23.7. The molecule has 93 heavy (non-hydrogen) atoms. The first-order chi connectivity index (χ1) is 44.4. The van der Waals surface area contributed by atoms with Crippen molar-refractivity contribution in [1.29, 1.82) is 10.5 Å². The molecular formula is C68H48F10N8O7. The highest BCUT2D eigenvalue weighted by Crippen LogP contribution is 2.44. The van der Waals surface area contributed by atoms with Gasteiger partial charge in [0.1, 0.15) is 70.8 Å². The molecule has 12 rings (SSSR count). The van der Waals surface area contributed by atoms with Gasteiger partial charge in [0.2, 0.25) is 0 Å². The summed E-state index contributed by atoms with van der Waals surface area (Å²) in [5.74, 6) is -13.8. The number of rotatable bonds is 16. The van der Waals surface area contributed by atoms with Crippen LogP contribution in [0, 0.1) is 91.7 Å². The quantitative estimate of drug-likeness (QED) is 0.0505. The van der Waals surface area contributed by atoms with Crippen molar-refractivity contribution in [3.05, 3.63) is 224 Å². The monoisotopic (exact) mass is 1280 g/mol. The normalized spacial score (nSPS) is 15.8. The van der Waals surface area contributed by atoms with Crippen molar-refractivity contribution in [2.24, 2.45) is 10.8 Å². The zero-order valence-corrected chi connectivity index (χ0v) is 49.4. The minimum absolute atomic E-state index is 0.00660. The molecule has 0 unspecified atom stereocenters. The average molecular weight is 1280 g/mol. The van der Waals surface area contributed by atoms with Crippen LogP contribution < -0.4 is 9.47 Å². The van der Waals surface area contributed by atoms with Gasteiger partial charge in [0.25, 0.3) is 11.8 Å². The maximum atomic E-state index is 16.5. The van der Waals surface area contributed by atoms with Gasteiger partial charge in [-0.3, -0.25) is 0 Å². The largest absolute Gasteiger partial charge is 0.471 e. The molecule has 0 radical (unpaired) electrons. The third-order valence-corrected chi connectivity index (χ3v) is 16.5. The van der Waals surface area contributed by atoms with E-state index in [2.05, 4.69) is 19.9 Å². The van der Waals surface area contributed by atoms with E-state index in [0.29, 0.717) is 0 Å². The van der Waals surface area contributed by atoms with Gasteiger partial charge in [0.15, 0.2) is 23.3 Å². The Hall–Kier alpha value is -10.5. The second-order valence-electron chi connectivity index (χ2n) is 23.7. The van der Waals surface area contributed by atoms with Gasteiger partial charge in [-0.25, -0.2) is 73.4 Å². The van der Waals surface area contributed by atoms with E-state index in [9.17, 15) is 27.2 Å². The van der Waals surface area contributed by atoms with E-state index in [-0.39, 0.29) is 105 Å². The Bertz CT molecular complexity index is 4530. The van der Waals surface area contributed by atoms with E-state index in [1.165, 1.54) is 45.5 Å². The molecule has 2 aliphatic heterocycles. The van der Waals surface area contributed by atoms with Gasteiger partial charge in [-0.1, -0.05) is 39.8 Å². The molecule has 2 saturated heterocycles. The van der Waals surface area contributed by atoms with Crippen LogP contribution in [0.2, 0.25) is 0 Å². The van der Waals surface area contributed by atoms with Gasteiger partial charge in [-0.2, -0.15) is 10.5 Å². The number of hydrogen-bond donors (Lipinski definition) is 0. The minimum Gasteiger partial charge on any atom is -0.471 e. The Morgan fingerprint density at radius 3 is 1.25 bits per heavy atom. The summed E-state index contributed by atoms with van der Waals surface area (Å²) in [6.45, 7) is 6.80. The topological polar surface area (TPSA) is 189 Å². The molecule has 6 aromatic carbocycles. The molecule has 2 atom stereocenters. The summed E-state index contributed by atoms with van der Waals surface area (Å²) >= 11 is 0. The predicted octanol–water partition coefficient (Wildman–Crippen LogP) is 14.2. The Kier molecular flexibility index (Phi) is 16.6. The van der Waals surface area contributed by atoms with Crippen molar-refractivity contribution < 1.29 is 77.2 Å². The first-order valence-electron chi connectivity index (χ1n) is 28.6. The molecule has 0 spiro atoms. The fourth-order valence-corrected chi connectivity index (χ4v) is 11.4. The summed E-state index contributed by atoms with van der Waals surface area (Å²) in [5.41, 5.74) is -4.86. The number of nitriles is 2. The van der Waals surface area contributed by atoms with Crippen LogP contribution in [0.4, 0.5) is 43.9 Å². The first kappa shape index (κ1) is 62.7. The molecule has 0 saturated carbocycles. The standard InChI is InChI=1S/C68H48F10N8O7/c1-67(2)31-89-29-57(67)85-55-19-39(17-51(77)61(55)83-59(85)21-37-15-49(75)41(23-47(37)73)53-11-9-43(69)63(81-53)91-27-35-7-5-33(25-79)13-45(35)71)65(87)93-66(88)40-18-52(78)62-56(20-40)86(58-30-90-32-68(58,3)4)60(84-62)22-38-16-50(76)42(24-48(38)74)54-12-10-44(70)64(82-54)92-28-36-8-6-34(26-80)14-46(36)72/h5-20,23-24,57-58H,21-22,27-32H2,1-4H3/t57-,58-/m1/s1. The summed E-state index contributed by atoms with van der Waals surface area (Å²) < 4.78 is 188. The minimum atomic E-state index is -1.39.